The van der Waals surface area contributed by atoms with Crippen molar-refractivity contribution in [3.05, 3.63) is 58.5 Å². The monoisotopic (exact) mass is 423 g/mol. The van der Waals surface area contributed by atoms with Crippen molar-refractivity contribution < 1.29 is 14.3 Å². The molecule has 0 spiro atoms. The van der Waals surface area contributed by atoms with E-state index in [1.165, 1.54) is 11.3 Å². The van der Waals surface area contributed by atoms with Crippen molar-refractivity contribution in [3.8, 4) is 5.75 Å². The van der Waals surface area contributed by atoms with Crippen molar-refractivity contribution in [2.45, 2.75) is 13.5 Å². The van der Waals surface area contributed by atoms with E-state index in [-0.39, 0.29) is 17.6 Å². The van der Waals surface area contributed by atoms with Crippen molar-refractivity contribution in [1.29, 1.82) is 0 Å². The minimum Gasteiger partial charge on any atom is -0.494 e. The van der Waals surface area contributed by atoms with Gasteiger partial charge in [0.2, 0.25) is 5.91 Å². The van der Waals surface area contributed by atoms with Gasteiger partial charge in [0, 0.05) is 5.39 Å². The van der Waals surface area contributed by atoms with Crippen LogP contribution in [0.1, 0.15) is 17.4 Å². The third-order valence-electron chi connectivity index (χ3n) is 4.31. The molecule has 3 N–H and O–H groups in total. The first-order valence-corrected chi connectivity index (χ1v) is 9.91. The van der Waals surface area contributed by atoms with E-state index in [1.807, 2.05) is 13.0 Å². The van der Waals surface area contributed by atoms with Crippen molar-refractivity contribution in [2.24, 2.45) is 5.73 Å². The van der Waals surface area contributed by atoms with Crippen LogP contribution in [0, 0.1) is 0 Å². The molecule has 0 aliphatic rings. The van der Waals surface area contributed by atoms with Crippen LogP contribution >= 0.6 is 11.3 Å². The quantitative estimate of drug-likeness (QED) is 0.489. The number of carbonyl (C=O) groups is 2. The molecule has 0 bridgehead atoms. The summed E-state index contributed by atoms with van der Waals surface area (Å²) in [5.74, 6) is -0.562. The molecule has 0 unspecified atom stereocenters. The largest absolute Gasteiger partial charge is 0.494 e. The molecule has 0 aliphatic heterocycles. The number of nitrogens with two attached hydrogens (primary N) is 1. The Morgan fingerprint density at radius 1 is 1.20 bits per heavy atom. The molecule has 152 valence electrons. The molecule has 9 nitrogen and oxygen atoms in total. The smallest absolute Gasteiger partial charge is 0.275 e. The summed E-state index contributed by atoms with van der Waals surface area (Å²) >= 11 is 1.29. The average Bonchev–Trinajstić information content (AvgIpc) is 3.11. The summed E-state index contributed by atoms with van der Waals surface area (Å²) in [6.45, 7) is 2.06. The number of hydrogen-bond acceptors (Lipinski definition) is 7. The molecule has 2 amide bonds. The maximum absolute atomic E-state index is 12.7. The number of fused-ring (bicyclic) bond motifs is 2. The lowest BCUT2D eigenvalue weighted by atomic mass is 10.1. The van der Waals surface area contributed by atoms with E-state index < -0.39 is 17.4 Å². The zero-order valence-electron chi connectivity index (χ0n) is 15.9. The summed E-state index contributed by atoms with van der Waals surface area (Å²) < 4.78 is 7.25. The summed E-state index contributed by atoms with van der Waals surface area (Å²) in [7, 11) is 0. The minimum atomic E-state index is -0.781. The number of thiazole rings is 1. The minimum absolute atomic E-state index is 0.0681. The van der Waals surface area contributed by atoms with E-state index in [9.17, 15) is 14.4 Å². The Kier molecular flexibility index (Phi) is 5.15. The van der Waals surface area contributed by atoms with Gasteiger partial charge in [-0.1, -0.05) is 29.5 Å². The number of rotatable bonds is 6. The summed E-state index contributed by atoms with van der Waals surface area (Å²) in [5, 5.41) is 7.65. The van der Waals surface area contributed by atoms with Crippen molar-refractivity contribution >= 4 is 49.3 Å². The van der Waals surface area contributed by atoms with E-state index >= 15 is 0 Å². The molecule has 0 saturated heterocycles. The number of carbonyl (C=O) groups excluding carboxylic acids is 2. The van der Waals surface area contributed by atoms with Crippen LogP contribution in [0.2, 0.25) is 0 Å². The summed E-state index contributed by atoms with van der Waals surface area (Å²) in [6.07, 6.45) is 0. The Morgan fingerprint density at radius 2 is 1.97 bits per heavy atom. The van der Waals surface area contributed by atoms with Gasteiger partial charge in [-0.15, -0.1) is 0 Å². The van der Waals surface area contributed by atoms with Crippen LogP contribution in [-0.2, 0) is 11.3 Å². The third-order valence-corrected chi connectivity index (χ3v) is 5.25. The summed E-state index contributed by atoms with van der Waals surface area (Å²) in [5.41, 5.74) is 5.55. The normalized spacial score (nSPS) is 11.0. The predicted octanol–water partition coefficient (Wildman–Crippen LogP) is 2.14. The van der Waals surface area contributed by atoms with Crippen LogP contribution in [0.4, 0.5) is 5.13 Å². The van der Waals surface area contributed by atoms with E-state index in [2.05, 4.69) is 15.4 Å². The van der Waals surface area contributed by atoms with E-state index in [1.54, 1.807) is 36.4 Å². The number of nitrogens with zero attached hydrogens (tertiary/aromatic N) is 3. The molecule has 0 fully saturated rings. The van der Waals surface area contributed by atoms with Crippen molar-refractivity contribution in [2.75, 3.05) is 11.9 Å². The van der Waals surface area contributed by atoms with Gasteiger partial charge in [-0.05, 0) is 31.2 Å². The van der Waals surface area contributed by atoms with Gasteiger partial charge >= 0.3 is 0 Å². The molecule has 2 heterocycles. The molecule has 2 aromatic heterocycles. The Hall–Kier alpha value is -3.79. The number of amides is 2. The zero-order valence-corrected chi connectivity index (χ0v) is 16.7. The molecule has 4 rings (SSSR count). The lowest BCUT2D eigenvalue weighted by molar-refractivity contribution is -0.117. The van der Waals surface area contributed by atoms with E-state index in [0.29, 0.717) is 17.1 Å². The van der Waals surface area contributed by atoms with Crippen LogP contribution in [-0.4, -0.2) is 33.2 Å². The second-order valence-corrected chi connectivity index (χ2v) is 7.38. The summed E-state index contributed by atoms with van der Waals surface area (Å²) in [4.78, 5) is 41.3. The predicted molar refractivity (Wildman–Crippen MR) is 114 cm³/mol. The fraction of sp³-hybridized carbons (Fsp3) is 0.150. The molecule has 10 heteroatoms. The first-order chi connectivity index (χ1) is 14.5. The van der Waals surface area contributed by atoms with Crippen LogP contribution in [0.15, 0.2) is 47.3 Å². The van der Waals surface area contributed by atoms with Gasteiger partial charge in [-0.2, -0.15) is 5.10 Å². The molecular weight excluding hydrogens is 406 g/mol. The summed E-state index contributed by atoms with van der Waals surface area (Å²) in [6, 6.07) is 12.0. The van der Waals surface area contributed by atoms with Gasteiger partial charge in [0.15, 0.2) is 10.8 Å². The van der Waals surface area contributed by atoms with Gasteiger partial charge < -0.3 is 15.8 Å². The lowest BCUT2D eigenvalue weighted by Crippen LogP contribution is -2.32. The Labute approximate surface area is 174 Å². The van der Waals surface area contributed by atoms with Gasteiger partial charge in [0.05, 0.1) is 22.2 Å². The first kappa shape index (κ1) is 19.5. The number of nitrogens with one attached hydrogen (secondary N) is 1. The molecule has 0 atom stereocenters. The zero-order chi connectivity index (χ0) is 21.3. The van der Waals surface area contributed by atoms with Gasteiger partial charge in [-0.25, -0.2) is 9.67 Å². The molecule has 0 aliphatic carbocycles. The third kappa shape index (κ3) is 3.72. The standard InChI is InChI=1S/C20H17N5O4S/c1-2-29-11-7-8-14-15(9-11)30-20(22-14)23-16(26)10-25-19(28)13-6-4-3-5-12(13)17(24-25)18(21)27/h3-9H,2,10H2,1H3,(H2,21,27)(H,22,23,26). The van der Waals surface area contributed by atoms with Gasteiger partial charge in [0.1, 0.15) is 12.3 Å². The Morgan fingerprint density at radius 3 is 2.70 bits per heavy atom. The highest BCUT2D eigenvalue weighted by Crippen LogP contribution is 2.29. The molecule has 4 aromatic rings. The topological polar surface area (TPSA) is 129 Å². The number of ether oxygens (including phenoxy) is 1. The maximum Gasteiger partial charge on any atom is 0.275 e. The fourth-order valence-corrected chi connectivity index (χ4v) is 3.94. The molecule has 0 radical (unpaired) electrons. The van der Waals surface area contributed by atoms with Gasteiger partial charge in [-0.3, -0.25) is 14.4 Å². The number of primary amides is 1. The van der Waals surface area contributed by atoms with Crippen LogP contribution in [0.25, 0.3) is 21.0 Å². The van der Waals surface area contributed by atoms with E-state index in [0.717, 1.165) is 20.6 Å². The van der Waals surface area contributed by atoms with Gasteiger partial charge in [0.25, 0.3) is 11.5 Å². The van der Waals surface area contributed by atoms with Crippen molar-refractivity contribution in [1.82, 2.24) is 14.8 Å². The maximum atomic E-state index is 12.7. The molecule has 2 aromatic carbocycles. The van der Waals surface area contributed by atoms with Crippen LogP contribution in [0.3, 0.4) is 0 Å². The molecule has 0 saturated carbocycles. The SMILES string of the molecule is CCOc1ccc2nc(NC(=O)Cn3nc(C(N)=O)c4ccccc4c3=O)sc2c1. The molecule has 30 heavy (non-hydrogen) atoms. The van der Waals surface area contributed by atoms with E-state index in [4.69, 9.17) is 10.5 Å². The highest BCUT2D eigenvalue weighted by atomic mass is 32.1. The second kappa shape index (κ2) is 7.91. The Balaban J connectivity index is 1.60. The molecular formula is C20H17N5O4S. The average molecular weight is 423 g/mol. The van der Waals surface area contributed by atoms with Crippen LogP contribution < -0.4 is 21.3 Å². The fourth-order valence-electron chi connectivity index (χ4n) is 3.03. The van der Waals surface area contributed by atoms with Crippen LogP contribution in [0.5, 0.6) is 5.75 Å². The number of benzene rings is 2. The number of anilines is 1. The van der Waals surface area contributed by atoms with Crippen molar-refractivity contribution in [3.63, 3.8) is 0 Å². The highest BCUT2D eigenvalue weighted by molar-refractivity contribution is 7.22. The highest BCUT2D eigenvalue weighted by Gasteiger charge is 2.16. The lowest BCUT2D eigenvalue weighted by Gasteiger charge is -2.08. The number of hydrogen-bond donors (Lipinski definition) is 2. The number of aromatic nitrogens is 3. The Bertz CT molecular complexity index is 1340. The first-order valence-electron chi connectivity index (χ1n) is 9.09. The second-order valence-electron chi connectivity index (χ2n) is 6.35.